The number of fused-ring (bicyclic) bond motifs is 5. The summed E-state index contributed by atoms with van der Waals surface area (Å²) < 4.78 is 0. The Morgan fingerprint density at radius 3 is 2.37 bits per heavy atom. The first kappa shape index (κ1) is 11.2. The predicted molar refractivity (Wildman–Crippen MR) is 69.5 cm³/mol. The number of aromatic nitrogens is 1. The van der Waals surface area contributed by atoms with Crippen LogP contribution in [0.5, 0.6) is 0 Å². The average Bonchev–Trinajstić information content (AvgIpc) is 3.04. The zero-order valence-corrected chi connectivity index (χ0v) is 10.7. The van der Waals surface area contributed by atoms with Gasteiger partial charge in [-0.05, 0) is 24.3 Å². The van der Waals surface area contributed by atoms with Crippen molar-refractivity contribution in [3.63, 3.8) is 0 Å². The highest BCUT2D eigenvalue weighted by atomic mass is 35.5. The van der Waals surface area contributed by atoms with Gasteiger partial charge in [0.05, 0.1) is 11.8 Å². The molecule has 96 valence electrons. The second-order valence-corrected chi connectivity index (χ2v) is 5.78. The van der Waals surface area contributed by atoms with Crippen molar-refractivity contribution in [3.05, 3.63) is 35.5 Å². The highest BCUT2D eigenvalue weighted by molar-refractivity contribution is 6.31. The van der Waals surface area contributed by atoms with Crippen LogP contribution in [0.15, 0.2) is 30.5 Å². The molecule has 0 radical (unpaired) electrons. The number of pyridine rings is 1. The van der Waals surface area contributed by atoms with Crippen LogP contribution in [0.3, 0.4) is 0 Å². The van der Waals surface area contributed by atoms with Crippen molar-refractivity contribution in [1.82, 2.24) is 4.98 Å². The summed E-state index contributed by atoms with van der Waals surface area (Å²) in [5.41, 5.74) is 0. The zero-order valence-electron chi connectivity index (χ0n) is 9.99. The van der Waals surface area contributed by atoms with Gasteiger partial charge in [-0.2, -0.15) is 0 Å². The van der Waals surface area contributed by atoms with E-state index in [4.69, 9.17) is 11.6 Å². The minimum absolute atomic E-state index is 0.124. The van der Waals surface area contributed by atoms with Gasteiger partial charge in [-0.1, -0.05) is 23.8 Å². The molecule has 1 aliphatic heterocycles. The molecule has 2 aliphatic carbocycles. The van der Waals surface area contributed by atoms with E-state index >= 15 is 0 Å². The zero-order chi connectivity index (χ0) is 13.1. The van der Waals surface area contributed by atoms with Crippen LogP contribution in [0.25, 0.3) is 0 Å². The van der Waals surface area contributed by atoms with Gasteiger partial charge in [0.15, 0.2) is 0 Å². The molecule has 0 N–H and O–H groups in total. The molecular weight excluding hydrogens is 264 g/mol. The summed E-state index contributed by atoms with van der Waals surface area (Å²) in [6, 6.07) is 3.19. The number of nitrogens with zero attached hydrogens (tertiary/aromatic N) is 2. The molecule has 2 bridgehead atoms. The number of carbonyl (C=O) groups is 2. The maximum Gasteiger partial charge on any atom is 0.239 e. The van der Waals surface area contributed by atoms with Crippen molar-refractivity contribution in [3.8, 4) is 0 Å². The van der Waals surface area contributed by atoms with Crippen LogP contribution < -0.4 is 4.90 Å². The van der Waals surface area contributed by atoms with Crippen molar-refractivity contribution in [2.45, 2.75) is 6.42 Å². The number of carbonyl (C=O) groups excluding carboxylic acids is 2. The Morgan fingerprint density at radius 2 is 1.79 bits per heavy atom. The van der Waals surface area contributed by atoms with Gasteiger partial charge in [-0.15, -0.1) is 0 Å². The molecule has 3 aliphatic rings. The van der Waals surface area contributed by atoms with E-state index in [0.717, 1.165) is 6.42 Å². The fraction of sp³-hybridized carbons (Fsp3) is 0.357. The highest BCUT2D eigenvalue weighted by Crippen LogP contribution is 2.53. The van der Waals surface area contributed by atoms with Crippen LogP contribution in [-0.4, -0.2) is 16.8 Å². The van der Waals surface area contributed by atoms with Crippen LogP contribution in [0, 0.1) is 23.7 Å². The van der Waals surface area contributed by atoms with E-state index in [1.54, 1.807) is 12.1 Å². The first-order valence-electron chi connectivity index (χ1n) is 6.34. The van der Waals surface area contributed by atoms with E-state index in [2.05, 4.69) is 17.1 Å². The van der Waals surface area contributed by atoms with Crippen molar-refractivity contribution in [2.75, 3.05) is 4.90 Å². The fourth-order valence-electron chi connectivity index (χ4n) is 3.64. The molecule has 2 amide bonds. The molecule has 4 rings (SSSR count). The largest absolute Gasteiger partial charge is 0.274 e. The van der Waals surface area contributed by atoms with Crippen LogP contribution in [0.2, 0.25) is 5.02 Å². The normalized spacial score (nSPS) is 35.3. The Morgan fingerprint density at radius 1 is 1.16 bits per heavy atom. The number of rotatable bonds is 1. The lowest BCUT2D eigenvalue weighted by Crippen LogP contribution is -2.33. The van der Waals surface area contributed by atoms with Gasteiger partial charge in [0, 0.05) is 17.3 Å². The number of amides is 2. The molecule has 1 saturated heterocycles. The standard InChI is InChI=1S/C14H11ClN2O2/c15-9-3-4-16-10(6-9)17-13(18)11-7-1-2-8(5-7)12(11)14(17)19/h1-4,6-8,11-12H,5H2/t7-,8-,11-,12+/m1/s1. The summed E-state index contributed by atoms with van der Waals surface area (Å²) in [6.45, 7) is 0. The molecule has 0 unspecified atom stereocenters. The Labute approximate surface area is 115 Å². The molecule has 1 saturated carbocycles. The van der Waals surface area contributed by atoms with E-state index in [9.17, 15) is 9.59 Å². The smallest absolute Gasteiger partial charge is 0.239 e. The summed E-state index contributed by atoms with van der Waals surface area (Å²) in [6.07, 6.45) is 6.60. The third-order valence-corrected chi connectivity index (χ3v) is 4.64. The third-order valence-electron chi connectivity index (χ3n) is 4.41. The predicted octanol–water partition coefficient (Wildman–Crippen LogP) is 2.05. The molecule has 4 atom stereocenters. The van der Waals surface area contributed by atoms with Crippen molar-refractivity contribution < 1.29 is 9.59 Å². The SMILES string of the molecule is O=C1[C@@H]2[C@H](C(=O)N1c1cc(Cl)ccn1)[C@@H]1C=C[C@@H]2C1. The lowest BCUT2D eigenvalue weighted by Gasteiger charge is -2.16. The van der Waals surface area contributed by atoms with Crippen molar-refractivity contribution in [1.29, 1.82) is 0 Å². The molecule has 5 heteroatoms. The highest BCUT2D eigenvalue weighted by Gasteiger charge is 2.59. The summed E-state index contributed by atoms with van der Waals surface area (Å²) >= 11 is 5.91. The maximum absolute atomic E-state index is 12.5. The van der Waals surface area contributed by atoms with E-state index in [-0.39, 0.29) is 35.5 Å². The average molecular weight is 275 g/mol. The lowest BCUT2D eigenvalue weighted by molar-refractivity contribution is -0.123. The number of imide groups is 1. The van der Waals surface area contributed by atoms with Crippen LogP contribution in [-0.2, 0) is 9.59 Å². The minimum Gasteiger partial charge on any atom is -0.274 e. The summed E-state index contributed by atoms with van der Waals surface area (Å²) in [4.78, 5) is 30.3. The molecule has 0 spiro atoms. The molecule has 1 aromatic rings. The molecule has 4 nitrogen and oxygen atoms in total. The lowest BCUT2D eigenvalue weighted by atomic mass is 9.85. The van der Waals surface area contributed by atoms with Gasteiger partial charge in [-0.3, -0.25) is 9.59 Å². The van der Waals surface area contributed by atoms with E-state index in [1.807, 2.05) is 0 Å². The Kier molecular flexibility index (Phi) is 2.16. The number of hydrogen-bond acceptors (Lipinski definition) is 3. The van der Waals surface area contributed by atoms with Crippen molar-refractivity contribution in [2.24, 2.45) is 23.7 Å². The van der Waals surface area contributed by atoms with Crippen LogP contribution >= 0.6 is 11.6 Å². The Balaban J connectivity index is 1.77. The van der Waals surface area contributed by atoms with Gasteiger partial charge in [0.25, 0.3) is 0 Å². The minimum atomic E-state index is -0.191. The number of hydrogen-bond donors (Lipinski definition) is 0. The van der Waals surface area contributed by atoms with Crippen molar-refractivity contribution >= 4 is 29.2 Å². The van der Waals surface area contributed by atoms with Crippen LogP contribution in [0.1, 0.15) is 6.42 Å². The van der Waals surface area contributed by atoms with Gasteiger partial charge in [0.1, 0.15) is 5.82 Å². The second-order valence-electron chi connectivity index (χ2n) is 5.34. The number of allylic oxidation sites excluding steroid dienone is 2. The van der Waals surface area contributed by atoms with Crippen LogP contribution in [0.4, 0.5) is 5.82 Å². The molecule has 1 aromatic heterocycles. The topological polar surface area (TPSA) is 50.3 Å². The molecule has 2 heterocycles. The summed E-state index contributed by atoms with van der Waals surface area (Å²) in [7, 11) is 0. The van der Waals surface area contributed by atoms with Gasteiger partial charge in [-0.25, -0.2) is 9.88 Å². The monoisotopic (exact) mass is 274 g/mol. The first-order valence-corrected chi connectivity index (χ1v) is 6.72. The quantitative estimate of drug-likeness (QED) is 0.582. The third kappa shape index (κ3) is 1.38. The fourth-order valence-corrected chi connectivity index (χ4v) is 3.80. The number of halogens is 1. The summed E-state index contributed by atoms with van der Waals surface area (Å²) in [5, 5.41) is 0.476. The molecule has 19 heavy (non-hydrogen) atoms. The molecule has 2 fully saturated rings. The van der Waals surface area contributed by atoms with Gasteiger partial charge >= 0.3 is 0 Å². The molecule has 0 aromatic carbocycles. The van der Waals surface area contributed by atoms with Gasteiger partial charge in [0.2, 0.25) is 11.8 Å². The van der Waals surface area contributed by atoms with Gasteiger partial charge < -0.3 is 0 Å². The van der Waals surface area contributed by atoms with E-state index < -0.39 is 0 Å². The number of anilines is 1. The maximum atomic E-state index is 12.5. The van der Waals surface area contributed by atoms with E-state index in [1.165, 1.54) is 11.1 Å². The first-order chi connectivity index (χ1) is 9.16. The second kappa shape index (κ2) is 3.67. The Bertz CT molecular complexity index is 598. The Hall–Kier alpha value is -1.68. The van der Waals surface area contributed by atoms with E-state index in [0.29, 0.717) is 10.8 Å². The molecular formula is C14H11ClN2O2. The summed E-state index contributed by atoms with van der Waals surface area (Å²) in [5.74, 6) is 0.150.